The third-order valence-electron chi connectivity index (χ3n) is 7.57. The maximum Gasteiger partial charge on any atom is 0.228 e. The number of rotatable bonds is 4. The maximum absolute atomic E-state index is 5.62. The van der Waals surface area contributed by atoms with E-state index >= 15 is 0 Å². The molecule has 4 heterocycles. The van der Waals surface area contributed by atoms with E-state index in [-0.39, 0.29) is 0 Å². The second-order valence-corrected chi connectivity index (χ2v) is 9.85. The van der Waals surface area contributed by atoms with Crippen LogP contribution in [0.2, 0.25) is 0 Å². The molecule has 0 N–H and O–H groups in total. The van der Waals surface area contributed by atoms with Crippen LogP contribution in [0.4, 0.5) is 0 Å². The molecule has 0 aliphatic heterocycles. The van der Waals surface area contributed by atoms with E-state index in [4.69, 9.17) is 14.4 Å². The Bertz CT molecular complexity index is 2190. The zero-order valence-electron chi connectivity index (χ0n) is 21.7. The fraction of sp³-hybridized carbons (Fsp3) is 0.0294. The fourth-order valence-corrected chi connectivity index (χ4v) is 5.75. The Morgan fingerprint density at radius 3 is 2.38 bits per heavy atom. The summed E-state index contributed by atoms with van der Waals surface area (Å²) in [5.74, 6) is 1.50. The number of fused-ring (bicyclic) bond motifs is 4. The summed E-state index contributed by atoms with van der Waals surface area (Å²) in [6, 6.07) is 35.8. The Balaban J connectivity index is 1.36. The number of imidazole rings is 1. The van der Waals surface area contributed by atoms with Gasteiger partial charge in [-0.2, -0.15) is 0 Å². The number of hydrogen-bond donors (Lipinski definition) is 0. The van der Waals surface area contributed by atoms with Crippen molar-refractivity contribution in [1.29, 1.82) is 0 Å². The third kappa shape index (κ3) is 3.39. The summed E-state index contributed by atoms with van der Waals surface area (Å²) in [5, 5.41) is 2.40. The van der Waals surface area contributed by atoms with Crippen LogP contribution in [0.3, 0.4) is 0 Å². The van der Waals surface area contributed by atoms with Crippen LogP contribution in [0.15, 0.2) is 126 Å². The Kier molecular flexibility index (Phi) is 4.94. The smallest absolute Gasteiger partial charge is 0.228 e. The van der Waals surface area contributed by atoms with E-state index in [1.807, 2.05) is 18.2 Å². The lowest BCUT2D eigenvalue weighted by molar-refractivity contribution is 0.574. The van der Waals surface area contributed by atoms with Crippen LogP contribution in [0.25, 0.3) is 72.6 Å². The quantitative estimate of drug-likeness (QED) is 0.237. The van der Waals surface area contributed by atoms with Crippen LogP contribution in [-0.4, -0.2) is 24.1 Å². The fourth-order valence-electron chi connectivity index (χ4n) is 5.75. The maximum atomic E-state index is 5.62. The molecule has 4 aromatic heterocycles. The average molecular weight is 518 g/mol. The SMILES string of the molecule is Cn1c(-c2ccc3c4ccccc4n(-c4cccc(-c5ncccc5-c5ncco5)c4)c3c2)nc2ccccc21. The Hall–Kier alpha value is -5.49. The van der Waals surface area contributed by atoms with Gasteiger partial charge in [0.15, 0.2) is 0 Å². The van der Waals surface area contributed by atoms with E-state index < -0.39 is 0 Å². The summed E-state index contributed by atoms with van der Waals surface area (Å²) >= 11 is 0. The number of benzene rings is 4. The van der Waals surface area contributed by atoms with E-state index in [0.29, 0.717) is 5.89 Å². The van der Waals surface area contributed by atoms with Crippen molar-refractivity contribution in [3.8, 4) is 39.8 Å². The van der Waals surface area contributed by atoms with E-state index in [0.717, 1.165) is 56.0 Å². The van der Waals surface area contributed by atoms with Gasteiger partial charge >= 0.3 is 0 Å². The molecule has 6 heteroatoms. The number of para-hydroxylation sites is 3. The molecular weight excluding hydrogens is 494 g/mol. The van der Waals surface area contributed by atoms with Crippen molar-refractivity contribution in [3.63, 3.8) is 0 Å². The molecule has 0 saturated carbocycles. The minimum absolute atomic E-state index is 0.553. The molecule has 0 aliphatic rings. The number of oxazole rings is 1. The van der Waals surface area contributed by atoms with Gasteiger partial charge in [0, 0.05) is 40.8 Å². The van der Waals surface area contributed by atoms with Gasteiger partial charge in [-0.15, -0.1) is 0 Å². The molecule has 0 saturated heterocycles. The lowest BCUT2D eigenvalue weighted by atomic mass is 10.0. The normalized spacial score (nSPS) is 11.6. The highest BCUT2D eigenvalue weighted by Gasteiger charge is 2.17. The Labute approximate surface area is 229 Å². The molecule has 0 aliphatic carbocycles. The van der Waals surface area contributed by atoms with Gasteiger partial charge < -0.3 is 13.6 Å². The standard InChI is InChI=1S/C34H23N5O/c1-38-30-14-5-3-12-28(30)37-33(38)23-15-16-26-25-10-2-4-13-29(25)39(31(26)21-23)24-9-6-8-22(20-24)32-27(11-7-17-35-32)34-36-18-19-40-34/h2-21H,1H3. The summed E-state index contributed by atoms with van der Waals surface area (Å²) in [7, 11) is 2.08. The number of aromatic nitrogens is 5. The lowest BCUT2D eigenvalue weighted by Crippen LogP contribution is -1.97. The predicted octanol–water partition coefficient (Wildman–Crippen LogP) is 8.05. The Morgan fingerprint density at radius 1 is 0.650 bits per heavy atom. The summed E-state index contributed by atoms with van der Waals surface area (Å²) in [5.41, 5.74) is 9.17. The van der Waals surface area contributed by atoms with Crippen molar-refractivity contribution in [2.24, 2.45) is 7.05 Å². The number of aryl methyl sites for hydroxylation is 1. The molecule has 0 spiro atoms. The molecular formula is C34H23N5O. The molecule has 0 radical (unpaired) electrons. The molecule has 0 unspecified atom stereocenters. The molecule has 6 nitrogen and oxygen atoms in total. The van der Waals surface area contributed by atoms with Crippen molar-refractivity contribution in [2.75, 3.05) is 0 Å². The van der Waals surface area contributed by atoms with Crippen molar-refractivity contribution < 1.29 is 4.42 Å². The van der Waals surface area contributed by atoms with Crippen LogP contribution in [0, 0.1) is 0 Å². The van der Waals surface area contributed by atoms with Crippen molar-refractivity contribution in [1.82, 2.24) is 24.1 Å². The number of nitrogens with zero attached hydrogens (tertiary/aromatic N) is 5. The van der Waals surface area contributed by atoms with Gasteiger partial charge in [-0.05, 0) is 48.5 Å². The van der Waals surface area contributed by atoms with Gasteiger partial charge in [-0.25, -0.2) is 9.97 Å². The van der Waals surface area contributed by atoms with Gasteiger partial charge in [0.2, 0.25) is 5.89 Å². The first-order valence-electron chi connectivity index (χ1n) is 13.2. The van der Waals surface area contributed by atoms with E-state index in [1.165, 1.54) is 10.8 Å². The topological polar surface area (TPSA) is 61.7 Å². The van der Waals surface area contributed by atoms with Crippen molar-refractivity contribution >= 4 is 32.8 Å². The molecule has 0 bridgehead atoms. The number of hydrogen-bond acceptors (Lipinski definition) is 4. The highest BCUT2D eigenvalue weighted by molar-refractivity contribution is 6.10. The van der Waals surface area contributed by atoms with Gasteiger partial charge in [-0.1, -0.05) is 54.6 Å². The first-order chi connectivity index (χ1) is 19.8. The van der Waals surface area contributed by atoms with Crippen LogP contribution >= 0.6 is 0 Å². The molecule has 190 valence electrons. The highest BCUT2D eigenvalue weighted by Crippen LogP contribution is 2.37. The van der Waals surface area contributed by atoms with E-state index in [2.05, 4.69) is 106 Å². The van der Waals surface area contributed by atoms with E-state index in [1.54, 1.807) is 18.7 Å². The van der Waals surface area contributed by atoms with Crippen LogP contribution in [0.1, 0.15) is 0 Å². The van der Waals surface area contributed by atoms with Gasteiger partial charge in [0.05, 0.1) is 39.5 Å². The van der Waals surface area contributed by atoms with Gasteiger partial charge in [0.1, 0.15) is 12.1 Å². The van der Waals surface area contributed by atoms with Crippen molar-refractivity contribution in [3.05, 3.63) is 122 Å². The van der Waals surface area contributed by atoms with E-state index in [9.17, 15) is 0 Å². The second kappa shape index (κ2) is 8.78. The van der Waals surface area contributed by atoms with Gasteiger partial charge in [0.25, 0.3) is 0 Å². The first kappa shape index (κ1) is 22.5. The molecule has 40 heavy (non-hydrogen) atoms. The minimum Gasteiger partial charge on any atom is -0.444 e. The molecule has 0 atom stereocenters. The summed E-state index contributed by atoms with van der Waals surface area (Å²) in [4.78, 5) is 14.0. The largest absolute Gasteiger partial charge is 0.444 e. The molecule has 8 rings (SSSR count). The summed E-state index contributed by atoms with van der Waals surface area (Å²) < 4.78 is 10.1. The van der Waals surface area contributed by atoms with Crippen LogP contribution in [0.5, 0.6) is 0 Å². The zero-order valence-corrected chi connectivity index (χ0v) is 21.7. The summed E-state index contributed by atoms with van der Waals surface area (Å²) in [6.07, 6.45) is 5.05. The molecule has 0 amide bonds. The predicted molar refractivity (Wildman–Crippen MR) is 159 cm³/mol. The average Bonchev–Trinajstić information content (AvgIpc) is 3.74. The van der Waals surface area contributed by atoms with Crippen LogP contribution < -0.4 is 0 Å². The van der Waals surface area contributed by atoms with Crippen LogP contribution in [-0.2, 0) is 7.05 Å². The minimum atomic E-state index is 0.553. The highest BCUT2D eigenvalue weighted by atomic mass is 16.3. The van der Waals surface area contributed by atoms with Crippen molar-refractivity contribution in [2.45, 2.75) is 0 Å². The Morgan fingerprint density at radius 2 is 1.50 bits per heavy atom. The summed E-state index contributed by atoms with van der Waals surface area (Å²) in [6.45, 7) is 0. The molecule has 4 aromatic carbocycles. The lowest BCUT2D eigenvalue weighted by Gasteiger charge is -2.12. The third-order valence-corrected chi connectivity index (χ3v) is 7.57. The molecule has 0 fully saturated rings. The monoisotopic (exact) mass is 517 g/mol. The molecule has 8 aromatic rings. The van der Waals surface area contributed by atoms with Gasteiger partial charge in [-0.3, -0.25) is 4.98 Å². The first-order valence-corrected chi connectivity index (χ1v) is 13.2. The second-order valence-electron chi connectivity index (χ2n) is 9.85. The number of pyridine rings is 1. The zero-order chi connectivity index (χ0) is 26.6.